The van der Waals surface area contributed by atoms with Crippen molar-refractivity contribution >= 4 is 30.4 Å². The quantitative estimate of drug-likeness (QED) is 0.321. The fourth-order valence-corrected chi connectivity index (χ4v) is 5.46. The first-order valence-corrected chi connectivity index (χ1v) is 13.0. The zero-order valence-corrected chi connectivity index (χ0v) is 21.0. The van der Waals surface area contributed by atoms with Crippen molar-refractivity contribution in [3.63, 3.8) is 0 Å². The molecule has 4 rings (SSSR count). The van der Waals surface area contributed by atoms with E-state index in [4.69, 9.17) is 0 Å². The predicted octanol–water partition coefficient (Wildman–Crippen LogP) is 5.36. The highest BCUT2D eigenvalue weighted by Gasteiger charge is 2.23. The highest BCUT2D eigenvalue weighted by atomic mass is 32.1. The molecule has 1 aliphatic carbocycles. The van der Waals surface area contributed by atoms with Gasteiger partial charge in [-0.3, -0.25) is 9.59 Å². The Morgan fingerprint density at radius 3 is 2.53 bits per heavy atom. The number of hydrogen-bond donors (Lipinski definition) is 2. The molecule has 1 saturated carbocycles. The maximum Gasteiger partial charge on any atom is 0.244 e. The lowest BCUT2D eigenvalue weighted by Crippen LogP contribution is -2.37. The first-order valence-electron chi connectivity index (χ1n) is 12.6. The van der Waals surface area contributed by atoms with Crippen molar-refractivity contribution in [3.05, 3.63) is 70.8 Å². The van der Waals surface area contributed by atoms with Crippen LogP contribution in [0.15, 0.2) is 53.4 Å². The van der Waals surface area contributed by atoms with Crippen LogP contribution >= 0.6 is 12.6 Å². The van der Waals surface area contributed by atoms with Gasteiger partial charge in [0.2, 0.25) is 5.91 Å². The summed E-state index contributed by atoms with van der Waals surface area (Å²) in [4.78, 5) is 27.5. The van der Waals surface area contributed by atoms with E-state index < -0.39 is 0 Å². The van der Waals surface area contributed by atoms with Crippen LogP contribution in [-0.4, -0.2) is 42.3 Å². The third kappa shape index (κ3) is 7.07. The topological polar surface area (TPSA) is 49.4 Å². The minimum atomic E-state index is -0.00918. The second-order valence-corrected chi connectivity index (χ2v) is 10.3. The third-order valence-corrected chi connectivity index (χ3v) is 7.63. The van der Waals surface area contributed by atoms with E-state index >= 15 is 0 Å². The summed E-state index contributed by atoms with van der Waals surface area (Å²) in [6.07, 6.45) is 11.3. The molecule has 0 aromatic heterocycles. The van der Waals surface area contributed by atoms with Crippen molar-refractivity contribution in [2.45, 2.75) is 62.8 Å². The van der Waals surface area contributed by atoms with Crippen molar-refractivity contribution in [2.75, 3.05) is 19.6 Å². The SMILES string of the molecule is CC(=O)c1ccc2c(c1)CCN(CCC1CCC(NC(=O)C=Cc3cccc(S)c3)CC1)CC2. The Bertz CT molecular complexity index is 1040. The van der Waals surface area contributed by atoms with Crippen LogP contribution in [0.3, 0.4) is 0 Å². The first-order chi connectivity index (χ1) is 16.5. The van der Waals surface area contributed by atoms with Crippen LogP contribution in [0.1, 0.15) is 66.1 Å². The summed E-state index contributed by atoms with van der Waals surface area (Å²) in [6.45, 7) is 4.95. The largest absolute Gasteiger partial charge is 0.350 e. The number of benzene rings is 2. The smallest absolute Gasteiger partial charge is 0.244 e. The lowest BCUT2D eigenvalue weighted by atomic mass is 9.84. The molecule has 0 saturated heterocycles. The maximum atomic E-state index is 12.3. The van der Waals surface area contributed by atoms with Gasteiger partial charge in [0, 0.05) is 35.7 Å². The fraction of sp³-hybridized carbons (Fsp3) is 0.448. The Morgan fingerprint density at radius 2 is 1.79 bits per heavy atom. The summed E-state index contributed by atoms with van der Waals surface area (Å²) in [7, 11) is 0. The molecule has 5 heteroatoms. The number of thiol groups is 1. The molecular formula is C29H36N2O2S. The molecule has 0 radical (unpaired) electrons. The zero-order valence-electron chi connectivity index (χ0n) is 20.1. The molecule has 2 aliphatic rings. The Hall–Kier alpha value is -2.37. The maximum absolute atomic E-state index is 12.3. The molecule has 1 fully saturated rings. The Morgan fingerprint density at radius 1 is 1.03 bits per heavy atom. The molecule has 4 nitrogen and oxygen atoms in total. The second-order valence-electron chi connectivity index (χ2n) is 9.82. The molecule has 0 atom stereocenters. The average molecular weight is 477 g/mol. The van der Waals surface area contributed by atoms with Crippen LogP contribution in [0.2, 0.25) is 0 Å². The highest BCUT2D eigenvalue weighted by Crippen LogP contribution is 2.28. The van der Waals surface area contributed by atoms with E-state index in [0.717, 1.165) is 67.3 Å². The van der Waals surface area contributed by atoms with Gasteiger partial charge in [-0.05, 0) is 105 Å². The van der Waals surface area contributed by atoms with E-state index in [1.54, 1.807) is 13.0 Å². The molecule has 1 N–H and O–H groups in total. The van der Waals surface area contributed by atoms with Crippen molar-refractivity contribution in [3.8, 4) is 0 Å². The predicted molar refractivity (Wildman–Crippen MR) is 142 cm³/mol. The number of carbonyl (C=O) groups is 2. The van der Waals surface area contributed by atoms with Crippen molar-refractivity contribution in [2.24, 2.45) is 5.92 Å². The number of nitrogens with zero attached hydrogens (tertiary/aromatic N) is 1. The van der Waals surface area contributed by atoms with Gasteiger partial charge in [-0.25, -0.2) is 0 Å². The van der Waals surface area contributed by atoms with Gasteiger partial charge in [-0.2, -0.15) is 0 Å². The molecule has 34 heavy (non-hydrogen) atoms. The van der Waals surface area contributed by atoms with Crippen molar-refractivity contribution < 1.29 is 9.59 Å². The number of rotatable bonds is 7. The molecule has 0 bridgehead atoms. The van der Waals surface area contributed by atoms with Crippen molar-refractivity contribution in [1.29, 1.82) is 0 Å². The Kier molecular flexibility index (Phi) is 8.63. The number of ketones is 1. The van der Waals surface area contributed by atoms with E-state index in [1.807, 2.05) is 36.4 Å². The second kappa shape index (κ2) is 11.9. The van der Waals surface area contributed by atoms with Crippen LogP contribution in [0.5, 0.6) is 0 Å². The van der Waals surface area contributed by atoms with Crippen LogP contribution in [-0.2, 0) is 17.6 Å². The zero-order chi connectivity index (χ0) is 23.9. The number of fused-ring (bicyclic) bond motifs is 1. The van der Waals surface area contributed by atoms with Gasteiger partial charge in [0.05, 0.1) is 0 Å². The fourth-order valence-electron chi connectivity index (χ4n) is 5.22. The number of carbonyl (C=O) groups excluding carboxylic acids is 2. The van der Waals surface area contributed by atoms with Gasteiger partial charge in [0.15, 0.2) is 5.78 Å². The lowest BCUT2D eigenvalue weighted by Gasteiger charge is -2.30. The monoisotopic (exact) mass is 476 g/mol. The molecule has 1 aliphatic heterocycles. The van der Waals surface area contributed by atoms with Gasteiger partial charge in [-0.1, -0.05) is 24.3 Å². The summed E-state index contributed by atoms with van der Waals surface area (Å²) in [5.41, 5.74) is 4.57. The molecule has 180 valence electrons. The van der Waals surface area contributed by atoms with Gasteiger partial charge in [-0.15, -0.1) is 12.6 Å². The van der Waals surface area contributed by atoms with Crippen LogP contribution < -0.4 is 5.32 Å². The summed E-state index contributed by atoms with van der Waals surface area (Å²) < 4.78 is 0. The van der Waals surface area contributed by atoms with Gasteiger partial charge < -0.3 is 10.2 Å². The van der Waals surface area contributed by atoms with Gasteiger partial charge in [0.25, 0.3) is 0 Å². The summed E-state index contributed by atoms with van der Waals surface area (Å²) in [5, 5.41) is 3.18. The Balaban J connectivity index is 1.17. The molecule has 0 unspecified atom stereocenters. The molecule has 0 spiro atoms. The van der Waals surface area contributed by atoms with Crippen LogP contribution in [0, 0.1) is 5.92 Å². The first kappa shape index (κ1) is 24.7. The van der Waals surface area contributed by atoms with Gasteiger partial charge >= 0.3 is 0 Å². The Labute approximate surface area is 209 Å². The number of amides is 1. The molecule has 2 aromatic rings. The van der Waals surface area contributed by atoms with Gasteiger partial charge in [0.1, 0.15) is 0 Å². The molecule has 1 amide bonds. The number of Topliss-reactive ketones (excluding diaryl/α,β-unsaturated/α-hetero) is 1. The molecule has 2 aromatic carbocycles. The van der Waals surface area contributed by atoms with E-state index in [9.17, 15) is 9.59 Å². The number of hydrogen-bond acceptors (Lipinski definition) is 4. The summed E-state index contributed by atoms with van der Waals surface area (Å²) in [5.74, 6) is 0.886. The molecule has 1 heterocycles. The van der Waals surface area contributed by atoms with E-state index in [-0.39, 0.29) is 17.7 Å². The van der Waals surface area contributed by atoms with E-state index in [0.29, 0.717) is 0 Å². The van der Waals surface area contributed by atoms with E-state index in [1.165, 1.54) is 30.4 Å². The normalized spacial score (nSPS) is 21.1. The third-order valence-electron chi connectivity index (χ3n) is 7.35. The molecular weight excluding hydrogens is 440 g/mol. The summed E-state index contributed by atoms with van der Waals surface area (Å²) in [6, 6.07) is 14.3. The number of nitrogens with one attached hydrogen (secondary N) is 1. The standard InChI is InChI=1S/C29H36N2O2S/c1-21(32)25-9-8-24-14-17-31(18-15-26(24)20-25)16-13-22-5-10-27(11-6-22)30-29(33)12-7-23-3-2-4-28(34)19-23/h2-4,7-9,12,19-20,22,27,34H,5-6,10-11,13-18H2,1H3,(H,30,33). The van der Waals surface area contributed by atoms with E-state index in [2.05, 4.69) is 35.0 Å². The van der Waals surface area contributed by atoms with Crippen molar-refractivity contribution in [1.82, 2.24) is 10.2 Å². The van der Waals surface area contributed by atoms with Crippen LogP contribution in [0.4, 0.5) is 0 Å². The minimum absolute atomic E-state index is 0.00918. The highest BCUT2D eigenvalue weighted by molar-refractivity contribution is 7.80. The minimum Gasteiger partial charge on any atom is -0.350 e. The average Bonchev–Trinajstić information content (AvgIpc) is 3.04. The van der Waals surface area contributed by atoms with Crippen LogP contribution in [0.25, 0.3) is 6.08 Å². The lowest BCUT2D eigenvalue weighted by molar-refractivity contribution is -0.117. The summed E-state index contributed by atoms with van der Waals surface area (Å²) >= 11 is 4.34.